The van der Waals surface area contributed by atoms with Crippen LogP contribution in [0.2, 0.25) is 0 Å². The molecule has 1 saturated heterocycles. The van der Waals surface area contributed by atoms with Gasteiger partial charge in [0.1, 0.15) is 5.25 Å². The summed E-state index contributed by atoms with van der Waals surface area (Å²) in [5.41, 5.74) is 0.584. The molecule has 0 saturated carbocycles. The molecule has 1 fully saturated rings. The lowest BCUT2D eigenvalue weighted by atomic mass is 10.1. The molecule has 1 heterocycles. The van der Waals surface area contributed by atoms with Gasteiger partial charge in [-0.15, -0.1) is 3.89 Å². The summed E-state index contributed by atoms with van der Waals surface area (Å²) in [6, 6.07) is 11.1. The number of rotatable bonds is 2. The van der Waals surface area contributed by atoms with Crippen LogP contribution in [0.25, 0.3) is 10.8 Å². The highest BCUT2D eigenvalue weighted by Gasteiger charge is 2.39. The Kier molecular flexibility index (Phi) is 3.49. The molecular formula is C14H11BrFNO3S. The Bertz CT molecular complexity index is 837. The van der Waals surface area contributed by atoms with Gasteiger partial charge in [0.15, 0.2) is 0 Å². The predicted molar refractivity (Wildman–Crippen MR) is 82.4 cm³/mol. The maximum Gasteiger partial charge on any atom is 0.307 e. The Morgan fingerprint density at radius 1 is 1.14 bits per heavy atom. The zero-order valence-corrected chi connectivity index (χ0v) is 13.2. The van der Waals surface area contributed by atoms with Gasteiger partial charge < -0.3 is 4.90 Å². The highest BCUT2D eigenvalue weighted by Crippen LogP contribution is 2.29. The fourth-order valence-corrected chi connectivity index (χ4v) is 3.53. The molecule has 0 spiro atoms. The first-order valence-corrected chi connectivity index (χ1v) is 8.52. The van der Waals surface area contributed by atoms with E-state index < -0.39 is 15.5 Å². The van der Waals surface area contributed by atoms with Gasteiger partial charge in [-0.05, 0) is 35.0 Å². The smallest absolute Gasteiger partial charge is 0.307 e. The Morgan fingerprint density at radius 3 is 2.48 bits per heavy atom. The lowest BCUT2D eigenvalue weighted by Crippen LogP contribution is -2.26. The number of hydrogen-bond acceptors (Lipinski definition) is 3. The fraction of sp³-hybridized carbons (Fsp3) is 0.214. The van der Waals surface area contributed by atoms with Crippen LogP contribution in [0, 0.1) is 0 Å². The third-order valence-corrected chi connectivity index (χ3v) is 5.19. The molecule has 0 N–H and O–H groups in total. The SMILES string of the molecule is O=C1CC(S(=O)(=O)F)CN1c1ccc2cc(Br)ccc2c1. The molecule has 1 aliphatic rings. The molecule has 4 nitrogen and oxygen atoms in total. The quantitative estimate of drug-likeness (QED) is 0.762. The Balaban J connectivity index is 1.97. The summed E-state index contributed by atoms with van der Waals surface area (Å²) < 4.78 is 35.9. The van der Waals surface area contributed by atoms with Crippen LogP contribution in [0.1, 0.15) is 6.42 Å². The molecule has 21 heavy (non-hydrogen) atoms. The van der Waals surface area contributed by atoms with Gasteiger partial charge in [-0.25, -0.2) is 0 Å². The van der Waals surface area contributed by atoms with Crippen molar-refractivity contribution in [2.24, 2.45) is 0 Å². The number of fused-ring (bicyclic) bond motifs is 1. The molecule has 0 bridgehead atoms. The second-order valence-electron chi connectivity index (χ2n) is 4.98. The largest absolute Gasteiger partial charge is 0.311 e. The van der Waals surface area contributed by atoms with Crippen molar-refractivity contribution in [1.82, 2.24) is 0 Å². The van der Waals surface area contributed by atoms with Crippen molar-refractivity contribution in [2.45, 2.75) is 11.7 Å². The first-order valence-electron chi connectivity index (χ1n) is 6.28. The number of halogens is 2. The molecule has 0 radical (unpaired) electrons. The van der Waals surface area contributed by atoms with Gasteiger partial charge in [-0.2, -0.15) is 8.42 Å². The van der Waals surface area contributed by atoms with Crippen LogP contribution in [-0.4, -0.2) is 26.1 Å². The van der Waals surface area contributed by atoms with Crippen molar-refractivity contribution < 1.29 is 17.1 Å². The molecule has 1 atom stereocenters. The van der Waals surface area contributed by atoms with Gasteiger partial charge in [-0.3, -0.25) is 4.79 Å². The minimum absolute atomic E-state index is 0.139. The number of amides is 1. The van der Waals surface area contributed by atoms with E-state index >= 15 is 0 Å². The van der Waals surface area contributed by atoms with Gasteiger partial charge in [0, 0.05) is 23.1 Å². The normalized spacial score (nSPS) is 19.4. The number of hydrogen-bond donors (Lipinski definition) is 0. The molecule has 110 valence electrons. The van der Waals surface area contributed by atoms with Crippen molar-refractivity contribution >= 4 is 48.5 Å². The summed E-state index contributed by atoms with van der Waals surface area (Å²) >= 11 is 3.38. The van der Waals surface area contributed by atoms with E-state index in [1.807, 2.05) is 24.3 Å². The molecular weight excluding hydrogens is 361 g/mol. The highest BCUT2D eigenvalue weighted by atomic mass is 79.9. The Morgan fingerprint density at radius 2 is 1.81 bits per heavy atom. The van der Waals surface area contributed by atoms with Gasteiger partial charge >= 0.3 is 10.2 Å². The zero-order chi connectivity index (χ0) is 15.2. The van der Waals surface area contributed by atoms with Crippen LogP contribution < -0.4 is 4.90 Å². The van der Waals surface area contributed by atoms with Crippen LogP contribution in [0.4, 0.5) is 9.57 Å². The molecule has 1 aliphatic heterocycles. The Hall–Kier alpha value is -1.47. The molecule has 2 aromatic rings. The van der Waals surface area contributed by atoms with Crippen molar-refractivity contribution in [3.8, 4) is 0 Å². The molecule has 1 amide bonds. The average Bonchev–Trinajstić information content (AvgIpc) is 2.80. The number of carbonyl (C=O) groups is 1. The van der Waals surface area contributed by atoms with Crippen LogP contribution in [-0.2, 0) is 15.0 Å². The van der Waals surface area contributed by atoms with E-state index in [-0.39, 0.29) is 18.9 Å². The molecule has 7 heteroatoms. The maximum absolute atomic E-state index is 13.0. The van der Waals surface area contributed by atoms with E-state index in [0.717, 1.165) is 15.2 Å². The van der Waals surface area contributed by atoms with E-state index in [2.05, 4.69) is 15.9 Å². The lowest BCUT2D eigenvalue weighted by Gasteiger charge is -2.16. The summed E-state index contributed by atoms with van der Waals surface area (Å²) in [6.07, 6.45) is -0.308. The summed E-state index contributed by atoms with van der Waals surface area (Å²) in [6.45, 7) is -0.139. The standard InChI is InChI=1S/C14H11BrFNO3S/c15-11-3-1-10-6-12(4-2-9(10)5-11)17-8-13(7-14(17)18)21(16,19)20/h1-6,13H,7-8H2. The van der Waals surface area contributed by atoms with E-state index in [1.165, 1.54) is 4.90 Å². The predicted octanol–water partition coefficient (Wildman–Crippen LogP) is 3.01. The summed E-state index contributed by atoms with van der Waals surface area (Å²) in [4.78, 5) is 13.2. The van der Waals surface area contributed by atoms with Crippen molar-refractivity contribution in [1.29, 1.82) is 0 Å². The topological polar surface area (TPSA) is 54.5 Å². The number of carbonyl (C=O) groups excluding carboxylic acids is 1. The Labute approximate surface area is 129 Å². The van der Waals surface area contributed by atoms with Crippen LogP contribution in [0.15, 0.2) is 40.9 Å². The van der Waals surface area contributed by atoms with Gasteiger partial charge in [-0.1, -0.05) is 28.1 Å². The van der Waals surface area contributed by atoms with E-state index in [0.29, 0.717) is 5.69 Å². The summed E-state index contributed by atoms with van der Waals surface area (Å²) in [7, 11) is -4.69. The summed E-state index contributed by atoms with van der Waals surface area (Å²) in [5.74, 6) is -0.377. The van der Waals surface area contributed by atoms with Crippen molar-refractivity contribution in [2.75, 3.05) is 11.4 Å². The van der Waals surface area contributed by atoms with E-state index in [1.54, 1.807) is 12.1 Å². The molecule has 0 aliphatic carbocycles. The maximum atomic E-state index is 13.0. The summed E-state index contributed by atoms with van der Waals surface area (Å²) in [5, 5.41) is 0.648. The third kappa shape index (κ3) is 2.80. The number of nitrogens with zero attached hydrogens (tertiary/aromatic N) is 1. The van der Waals surface area contributed by atoms with Crippen LogP contribution in [0.5, 0.6) is 0 Å². The van der Waals surface area contributed by atoms with Gasteiger partial charge in [0.05, 0.1) is 0 Å². The highest BCUT2D eigenvalue weighted by molar-refractivity contribution is 9.10. The third-order valence-electron chi connectivity index (χ3n) is 3.59. The minimum atomic E-state index is -4.69. The lowest BCUT2D eigenvalue weighted by molar-refractivity contribution is -0.117. The second kappa shape index (κ2) is 5.06. The van der Waals surface area contributed by atoms with Crippen LogP contribution in [0.3, 0.4) is 0 Å². The van der Waals surface area contributed by atoms with Crippen LogP contribution >= 0.6 is 15.9 Å². The van der Waals surface area contributed by atoms with E-state index in [4.69, 9.17) is 0 Å². The minimum Gasteiger partial charge on any atom is -0.311 e. The van der Waals surface area contributed by atoms with Gasteiger partial charge in [0.25, 0.3) is 0 Å². The number of benzene rings is 2. The van der Waals surface area contributed by atoms with Crippen molar-refractivity contribution in [3.05, 3.63) is 40.9 Å². The van der Waals surface area contributed by atoms with E-state index in [9.17, 15) is 17.1 Å². The molecule has 3 rings (SSSR count). The van der Waals surface area contributed by atoms with Crippen molar-refractivity contribution in [3.63, 3.8) is 0 Å². The monoisotopic (exact) mass is 371 g/mol. The zero-order valence-electron chi connectivity index (χ0n) is 10.8. The first-order chi connectivity index (χ1) is 9.84. The fourth-order valence-electron chi connectivity index (χ4n) is 2.48. The molecule has 2 aromatic carbocycles. The first kappa shape index (κ1) is 14.5. The average molecular weight is 372 g/mol. The molecule has 0 aromatic heterocycles. The molecule has 1 unspecified atom stereocenters. The second-order valence-corrected chi connectivity index (χ2v) is 7.52. The van der Waals surface area contributed by atoms with Gasteiger partial charge in [0.2, 0.25) is 5.91 Å². The number of anilines is 1.